The number of rotatable bonds is 6. The highest BCUT2D eigenvalue weighted by Crippen LogP contribution is 2.62. The lowest BCUT2D eigenvalue weighted by Gasteiger charge is -2.49. The topological polar surface area (TPSA) is 128 Å². The van der Waals surface area contributed by atoms with Gasteiger partial charge in [0.05, 0.1) is 36.2 Å². The molecule has 3 aromatic carbocycles. The summed E-state index contributed by atoms with van der Waals surface area (Å²) < 4.78 is 23.2. The van der Waals surface area contributed by atoms with E-state index in [1.807, 2.05) is 6.08 Å². The smallest absolute Gasteiger partial charge is 0.347 e. The van der Waals surface area contributed by atoms with Crippen LogP contribution in [0.2, 0.25) is 5.02 Å². The number of fused-ring (bicyclic) bond motifs is 4. The van der Waals surface area contributed by atoms with Gasteiger partial charge in [-0.15, -0.1) is 0 Å². The Labute approximate surface area is 266 Å². The minimum absolute atomic E-state index is 0.0247. The average molecular weight is 646 g/mol. The number of ether oxygens (including phenoxy) is 1. The van der Waals surface area contributed by atoms with Crippen LogP contribution in [-0.4, -0.2) is 42.5 Å². The number of carbonyl (C=O) groups is 2. The van der Waals surface area contributed by atoms with Crippen molar-refractivity contribution in [2.45, 2.75) is 37.3 Å². The third-order valence-corrected chi connectivity index (χ3v) is 9.58. The summed E-state index contributed by atoms with van der Waals surface area (Å²) in [5, 5.41) is 12.0. The summed E-state index contributed by atoms with van der Waals surface area (Å²) >= 11 is 6.30. The lowest BCUT2D eigenvalue weighted by atomic mass is 9.53. The molecular formula is C33H29ClFN5O6. The Balaban J connectivity index is 1.51. The molecule has 1 aromatic heterocycles. The second kappa shape index (κ2) is 10.8. The molecule has 0 bridgehead atoms. The zero-order chi connectivity index (χ0) is 32.5. The second-order valence-electron chi connectivity index (χ2n) is 11.6. The first-order chi connectivity index (χ1) is 22.1. The van der Waals surface area contributed by atoms with Crippen molar-refractivity contribution in [3.8, 4) is 11.5 Å². The van der Waals surface area contributed by atoms with E-state index in [1.54, 1.807) is 43.3 Å². The number of amides is 2. The van der Waals surface area contributed by atoms with Gasteiger partial charge in [-0.2, -0.15) is 5.01 Å². The molecule has 46 heavy (non-hydrogen) atoms. The van der Waals surface area contributed by atoms with Gasteiger partial charge in [-0.3, -0.25) is 15.0 Å². The Morgan fingerprint density at radius 3 is 2.43 bits per heavy atom. The van der Waals surface area contributed by atoms with Crippen LogP contribution in [0.1, 0.15) is 36.4 Å². The van der Waals surface area contributed by atoms with E-state index < -0.39 is 52.3 Å². The fraction of sp³-hybridized carbons (Fsp3) is 0.273. The molecule has 11 nitrogen and oxygen atoms in total. The average Bonchev–Trinajstić information content (AvgIpc) is 3.40. The van der Waals surface area contributed by atoms with Gasteiger partial charge in [0.1, 0.15) is 5.82 Å². The monoisotopic (exact) mass is 645 g/mol. The van der Waals surface area contributed by atoms with Crippen LogP contribution in [-0.2, 0) is 28.6 Å². The second-order valence-corrected chi connectivity index (χ2v) is 12.1. The van der Waals surface area contributed by atoms with Crippen molar-refractivity contribution in [3.63, 3.8) is 0 Å². The third kappa shape index (κ3) is 4.16. The molecule has 0 spiro atoms. The van der Waals surface area contributed by atoms with Gasteiger partial charge in [0.25, 0.3) is 11.8 Å². The number of phenols is 1. The van der Waals surface area contributed by atoms with Crippen molar-refractivity contribution in [3.05, 3.63) is 121 Å². The molecule has 236 valence electrons. The number of phenolic OH excluding ortho intramolecular Hbond substituents is 1. The van der Waals surface area contributed by atoms with E-state index in [0.717, 1.165) is 9.58 Å². The number of allylic oxidation sites excluding steroid dienone is 2. The Hall–Kier alpha value is -5.10. The predicted octanol–water partition coefficient (Wildman–Crippen LogP) is 3.86. The number of hydrogen-bond donors (Lipinski definition) is 2. The molecule has 7 rings (SSSR count). The maximum absolute atomic E-state index is 15.0. The van der Waals surface area contributed by atoms with Crippen LogP contribution in [0.3, 0.4) is 0 Å². The van der Waals surface area contributed by atoms with Gasteiger partial charge >= 0.3 is 11.4 Å². The van der Waals surface area contributed by atoms with Gasteiger partial charge in [-0.25, -0.2) is 27.9 Å². The van der Waals surface area contributed by atoms with Gasteiger partial charge in [0, 0.05) is 18.0 Å². The molecule has 2 aliphatic heterocycles. The molecule has 1 saturated heterocycles. The quantitative estimate of drug-likeness (QED) is 0.241. The summed E-state index contributed by atoms with van der Waals surface area (Å²) in [5.41, 5.74) is 2.35. The number of nitrogens with one attached hydrogen (secondary N) is 1. The van der Waals surface area contributed by atoms with Crippen molar-refractivity contribution < 1.29 is 23.8 Å². The summed E-state index contributed by atoms with van der Waals surface area (Å²) in [4.78, 5) is 56.0. The molecule has 4 aromatic rings. The number of anilines is 1. The maximum atomic E-state index is 15.0. The number of halogens is 2. The Kier molecular flexibility index (Phi) is 6.93. The Bertz CT molecular complexity index is 2050. The normalized spacial score (nSPS) is 23.4. The number of nitrogens with zero attached hydrogens (tertiary/aromatic N) is 4. The molecule has 1 aliphatic carbocycles. The number of hydrogen-bond acceptors (Lipinski definition) is 7. The van der Waals surface area contributed by atoms with Crippen molar-refractivity contribution in [2.75, 3.05) is 12.0 Å². The van der Waals surface area contributed by atoms with Gasteiger partial charge in [0.15, 0.2) is 11.5 Å². The minimum Gasteiger partial charge on any atom is -0.504 e. The van der Waals surface area contributed by atoms with E-state index in [0.29, 0.717) is 27.4 Å². The summed E-state index contributed by atoms with van der Waals surface area (Å²) in [5.74, 6) is -3.40. The van der Waals surface area contributed by atoms with Crippen molar-refractivity contribution in [1.82, 2.24) is 18.9 Å². The van der Waals surface area contributed by atoms with Crippen LogP contribution in [0.5, 0.6) is 11.5 Å². The molecule has 2 N–H and O–H groups in total. The molecule has 3 heterocycles. The molecule has 2 fully saturated rings. The van der Waals surface area contributed by atoms with Crippen molar-refractivity contribution in [2.24, 2.45) is 13.0 Å². The number of imide groups is 1. The fourth-order valence-corrected chi connectivity index (χ4v) is 7.51. The Morgan fingerprint density at radius 2 is 1.74 bits per heavy atom. The highest BCUT2D eigenvalue weighted by atomic mass is 35.5. The summed E-state index contributed by atoms with van der Waals surface area (Å²) in [7, 11) is 1.40. The first-order valence-corrected chi connectivity index (χ1v) is 15.2. The van der Waals surface area contributed by atoms with E-state index in [2.05, 4.69) is 5.43 Å². The van der Waals surface area contributed by atoms with E-state index in [4.69, 9.17) is 16.3 Å². The van der Waals surface area contributed by atoms with E-state index in [-0.39, 0.29) is 31.1 Å². The number of carbonyl (C=O) groups excluding carboxylic acids is 2. The lowest BCUT2D eigenvalue weighted by molar-refractivity contribution is -0.138. The van der Waals surface area contributed by atoms with E-state index >= 15 is 4.79 Å². The highest BCUT2D eigenvalue weighted by Gasteiger charge is 2.68. The standard InChI is InChI=1S/C33H29ClFN5O6/c1-3-46-27-16-18(4-13-26(27)41)28-23-14-15-38-31(44)37(2)32(45)40(38)25(23)17-24-29(42)39(36-22-11-9-21(35)10-12-22)30(43)33(24,28)19-5-7-20(34)8-6-19/h4-14,16,24-25,28,36,41H,3,15,17H2,1-2H3/t24-,25+,28-,33+/m0/s1. The molecular weight excluding hydrogens is 617 g/mol. The van der Waals surface area contributed by atoms with Gasteiger partial charge < -0.3 is 9.84 Å². The SMILES string of the molecule is CCOc1cc([C@H]2C3=CCn4c(=O)n(C)c(=O)n4[C@@H]3C[C@H]3C(=O)N(Nc4ccc(F)cc4)C(=O)[C@@]23c2ccc(Cl)cc2)ccc1O. The van der Waals surface area contributed by atoms with Crippen molar-refractivity contribution in [1.29, 1.82) is 0 Å². The lowest BCUT2D eigenvalue weighted by Crippen LogP contribution is -2.53. The molecule has 0 unspecified atom stereocenters. The first-order valence-electron chi connectivity index (χ1n) is 14.8. The Morgan fingerprint density at radius 1 is 1.02 bits per heavy atom. The number of aromatic hydroxyl groups is 1. The number of aromatic nitrogens is 3. The molecule has 1 saturated carbocycles. The minimum atomic E-state index is -1.56. The van der Waals surface area contributed by atoms with Crippen LogP contribution in [0.25, 0.3) is 0 Å². The van der Waals surface area contributed by atoms with Crippen LogP contribution in [0, 0.1) is 11.7 Å². The van der Waals surface area contributed by atoms with Gasteiger partial charge in [-0.05, 0) is 78.6 Å². The van der Waals surface area contributed by atoms with E-state index in [1.165, 1.54) is 46.7 Å². The fourth-order valence-electron chi connectivity index (χ4n) is 7.38. The predicted molar refractivity (Wildman–Crippen MR) is 166 cm³/mol. The zero-order valence-electron chi connectivity index (χ0n) is 24.8. The molecule has 0 radical (unpaired) electrons. The largest absolute Gasteiger partial charge is 0.504 e. The molecule has 13 heteroatoms. The van der Waals surface area contributed by atoms with E-state index in [9.17, 15) is 23.9 Å². The molecule has 3 aliphatic rings. The van der Waals surface area contributed by atoms with Crippen LogP contribution < -0.4 is 21.5 Å². The third-order valence-electron chi connectivity index (χ3n) is 9.33. The summed E-state index contributed by atoms with van der Waals surface area (Å²) in [6, 6.07) is 16.0. The summed E-state index contributed by atoms with van der Waals surface area (Å²) in [6.45, 7) is 2.10. The van der Waals surface area contributed by atoms with Crippen molar-refractivity contribution >= 4 is 29.1 Å². The number of benzene rings is 3. The van der Waals surface area contributed by atoms with Crippen LogP contribution in [0.4, 0.5) is 10.1 Å². The summed E-state index contributed by atoms with van der Waals surface area (Å²) in [6.07, 6.45) is 1.86. The molecule has 4 atom stereocenters. The van der Waals surface area contributed by atoms with Crippen LogP contribution >= 0.6 is 11.6 Å². The maximum Gasteiger partial charge on any atom is 0.347 e. The molecule has 2 amide bonds. The van der Waals surface area contributed by atoms with Crippen LogP contribution in [0.15, 0.2) is 88.0 Å². The van der Waals surface area contributed by atoms with Gasteiger partial charge in [-0.1, -0.05) is 35.9 Å². The first kappa shape index (κ1) is 29.6. The number of hydrazine groups is 1. The van der Waals surface area contributed by atoms with Gasteiger partial charge in [0.2, 0.25) is 0 Å². The highest BCUT2D eigenvalue weighted by molar-refractivity contribution is 6.30. The zero-order valence-corrected chi connectivity index (χ0v) is 25.6.